The standard InChI is InChI=1S/C19H22ClN3O3/c1-14(24)26-18-16(12-22-10-7-21-8-11-22)6-9-23(19(18)25)13-15-4-2-3-5-17(15)20/h2-6,9,21H,7-8,10-13H2,1H3. The average Bonchev–Trinajstić information content (AvgIpc) is 2.63. The summed E-state index contributed by atoms with van der Waals surface area (Å²) in [5.74, 6) is -0.398. The number of halogens is 1. The number of piperazine rings is 1. The second-order valence-electron chi connectivity index (χ2n) is 6.31. The molecule has 1 saturated heterocycles. The van der Waals surface area contributed by atoms with E-state index in [1.54, 1.807) is 12.3 Å². The second-order valence-corrected chi connectivity index (χ2v) is 6.72. The zero-order valence-electron chi connectivity index (χ0n) is 14.7. The Labute approximate surface area is 157 Å². The number of carbonyl (C=O) groups excluding carboxylic acids is 1. The summed E-state index contributed by atoms with van der Waals surface area (Å²) < 4.78 is 6.79. The number of nitrogens with zero attached hydrogens (tertiary/aromatic N) is 2. The lowest BCUT2D eigenvalue weighted by Crippen LogP contribution is -2.43. The lowest BCUT2D eigenvalue weighted by molar-refractivity contribution is -0.132. The van der Waals surface area contributed by atoms with E-state index in [1.165, 1.54) is 11.5 Å². The molecule has 1 aliphatic rings. The Balaban J connectivity index is 1.91. The van der Waals surface area contributed by atoms with Crippen molar-refractivity contribution in [2.75, 3.05) is 26.2 Å². The quantitative estimate of drug-likeness (QED) is 0.808. The van der Waals surface area contributed by atoms with Gasteiger partial charge in [-0.25, -0.2) is 0 Å². The van der Waals surface area contributed by atoms with Crippen LogP contribution in [-0.4, -0.2) is 41.6 Å². The molecule has 7 heteroatoms. The van der Waals surface area contributed by atoms with Crippen molar-refractivity contribution in [1.29, 1.82) is 0 Å². The number of carbonyl (C=O) groups is 1. The summed E-state index contributed by atoms with van der Waals surface area (Å²) >= 11 is 6.20. The molecule has 0 spiro atoms. The van der Waals surface area contributed by atoms with Crippen molar-refractivity contribution in [2.24, 2.45) is 0 Å². The third-order valence-electron chi connectivity index (χ3n) is 4.35. The van der Waals surface area contributed by atoms with Gasteiger partial charge < -0.3 is 14.6 Å². The van der Waals surface area contributed by atoms with Crippen LogP contribution in [0, 0.1) is 0 Å². The van der Waals surface area contributed by atoms with Crippen molar-refractivity contribution in [2.45, 2.75) is 20.0 Å². The summed E-state index contributed by atoms with van der Waals surface area (Å²) in [5, 5.41) is 3.89. The Morgan fingerprint density at radius 1 is 1.15 bits per heavy atom. The first-order valence-corrected chi connectivity index (χ1v) is 8.99. The molecule has 0 unspecified atom stereocenters. The minimum Gasteiger partial charge on any atom is -0.420 e. The molecular weight excluding hydrogens is 354 g/mol. The van der Waals surface area contributed by atoms with E-state index >= 15 is 0 Å². The van der Waals surface area contributed by atoms with Gasteiger partial charge in [0.2, 0.25) is 5.75 Å². The van der Waals surface area contributed by atoms with Gasteiger partial charge in [-0.05, 0) is 17.7 Å². The first kappa shape index (κ1) is 18.6. The maximum Gasteiger partial charge on any atom is 0.308 e. The number of rotatable bonds is 5. The highest BCUT2D eigenvalue weighted by atomic mass is 35.5. The summed E-state index contributed by atoms with van der Waals surface area (Å²) in [6.45, 7) is 5.80. The lowest BCUT2D eigenvalue weighted by atomic mass is 10.2. The maximum atomic E-state index is 12.9. The average molecular weight is 376 g/mol. The largest absolute Gasteiger partial charge is 0.420 e. The van der Waals surface area contributed by atoms with E-state index in [0.29, 0.717) is 18.1 Å². The Bertz CT molecular complexity index is 844. The van der Waals surface area contributed by atoms with Gasteiger partial charge in [0.15, 0.2) is 0 Å². The normalized spacial score (nSPS) is 15.0. The van der Waals surface area contributed by atoms with Crippen LogP contribution in [0.3, 0.4) is 0 Å². The predicted molar refractivity (Wildman–Crippen MR) is 101 cm³/mol. The zero-order chi connectivity index (χ0) is 18.5. The predicted octanol–water partition coefficient (Wildman–Crippen LogP) is 1.88. The van der Waals surface area contributed by atoms with Crippen molar-refractivity contribution in [3.8, 4) is 5.75 Å². The van der Waals surface area contributed by atoms with Gasteiger partial charge in [-0.1, -0.05) is 29.8 Å². The first-order valence-electron chi connectivity index (χ1n) is 8.62. The molecule has 0 atom stereocenters. The zero-order valence-corrected chi connectivity index (χ0v) is 15.5. The fraction of sp³-hybridized carbons (Fsp3) is 0.368. The maximum absolute atomic E-state index is 12.9. The fourth-order valence-electron chi connectivity index (χ4n) is 3.01. The molecule has 26 heavy (non-hydrogen) atoms. The number of benzene rings is 1. The van der Waals surface area contributed by atoms with Crippen molar-refractivity contribution in [3.63, 3.8) is 0 Å². The van der Waals surface area contributed by atoms with Crippen LogP contribution >= 0.6 is 11.6 Å². The molecule has 0 saturated carbocycles. The van der Waals surface area contributed by atoms with Crippen LogP contribution in [0.1, 0.15) is 18.1 Å². The highest BCUT2D eigenvalue weighted by Gasteiger charge is 2.18. The molecule has 3 rings (SSSR count). The number of hydrogen-bond acceptors (Lipinski definition) is 5. The smallest absolute Gasteiger partial charge is 0.308 e. The van der Waals surface area contributed by atoms with Crippen molar-refractivity contribution in [3.05, 3.63) is 63.0 Å². The second kappa shape index (κ2) is 8.49. The molecule has 1 aromatic heterocycles. The molecule has 1 aromatic carbocycles. The van der Waals surface area contributed by atoms with E-state index in [4.69, 9.17) is 16.3 Å². The van der Waals surface area contributed by atoms with Crippen LogP contribution in [0.25, 0.3) is 0 Å². The summed E-state index contributed by atoms with van der Waals surface area (Å²) in [6.07, 6.45) is 1.73. The molecule has 0 radical (unpaired) electrons. The molecule has 0 aliphatic carbocycles. The fourth-order valence-corrected chi connectivity index (χ4v) is 3.21. The molecular formula is C19H22ClN3O3. The molecule has 2 aromatic rings. The minimum atomic E-state index is -0.501. The first-order chi connectivity index (χ1) is 12.5. The van der Waals surface area contributed by atoms with Crippen LogP contribution in [0.5, 0.6) is 5.75 Å². The number of aromatic nitrogens is 1. The van der Waals surface area contributed by atoms with Crippen LogP contribution in [0.2, 0.25) is 5.02 Å². The Morgan fingerprint density at radius 3 is 2.58 bits per heavy atom. The van der Waals surface area contributed by atoms with Gasteiger partial charge in [0, 0.05) is 56.4 Å². The van der Waals surface area contributed by atoms with E-state index in [-0.39, 0.29) is 11.3 Å². The highest BCUT2D eigenvalue weighted by molar-refractivity contribution is 6.31. The molecule has 0 bridgehead atoms. The number of ether oxygens (including phenoxy) is 1. The van der Waals surface area contributed by atoms with Gasteiger partial charge in [0.05, 0.1) is 6.54 Å². The molecule has 138 valence electrons. The summed E-state index contributed by atoms with van der Waals surface area (Å²) in [5.41, 5.74) is 1.23. The molecule has 1 aliphatic heterocycles. The van der Waals surface area contributed by atoms with Gasteiger partial charge in [-0.3, -0.25) is 14.5 Å². The lowest BCUT2D eigenvalue weighted by Gasteiger charge is -2.27. The van der Waals surface area contributed by atoms with Crippen molar-refractivity contribution in [1.82, 2.24) is 14.8 Å². The Kier molecular flexibility index (Phi) is 6.08. The van der Waals surface area contributed by atoms with Gasteiger partial charge >= 0.3 is 5.97 Å². The summed E-state index contributed by atoms with van der Waals surface area (Å²) in [7, 11) is 0. The molecule has 1 fully saturated rings. The molecule has 0 amide bonds. The highest BCUT2D eigenvalue weighted by Crippen LogP contribution is 2.19. The third-order valence-corrected chi connectivity index (χ3v) is 4.72. The SMILES string of the molecule is CC(=O)Oc1c(CN2CCNCC2)ccn(Cc2ccccc2Cl)c1=O. The summed E-state index contributed by atoms with van der Waals surface area (Å²) in [4.78, 5) is 26.6. The van der Waals surface area contributed by atoms with Gasteiger partial charge in [-0.15, -0.1) is 0 Å². The van der Waals surface area contributed by atoms with Gasteiger partial charge in [0.25, 0.3) is 5.56 Å². The van der Waals surface area contributed by atoms with Gasteiger partial charge in [-0.2, -0.15) is 0 Å². The van der Waals surface area contributed by atoms with E-state index in [2.05, 4.69) is 10.2 Å². The molecule has 1 N–H and O–H groups in total. The Morgan fingerprint density at radius 2 is 1.88 bits per heavy atom. The van der Waals surface area contributed by atoms with Crippen LogP contribution in [-0.2, 0) is 17.9 Å². The van der Waals surface area contributed by atoms with E-state index in [9.17, 15) is 9.59 Å². The topological polar surface area (TPSA) is 63.6 Å². The Hall–Kier alpha value is -2.15. The van der Waals surface area contributed by atoms with E-state index < -0.39 is 5.97 Å². The number of nitrogens with one attached hydrogen (secondary N) is 1. The van der Waals surface area contributed by atoms with Crippen molar-refractivity contribution >= 4 is 17.6 Å². The van der Waals surface area contributed by atoms with Gasteiger partial charge in [0.1, 0.15) is 0 Å². The number of esters is 1. The van der Waals surface area contributed by atoms with E-state index in [0.717, 1.165) is 37.3 Å². The van der Waals surface area contributed by atoms with Crippen LogP contribution < -0.4 is 15.6 Å². The monoisotopic (exact) mass is 375 g/mol. The summed E-state index contributed by atoms with van der Waals surface area (Å²) in [6, 6.07) is 9.22. The van der Waals surface area contributed by atoms with Crippen LogP contribution in [0.4, 0.5) is 0 Å². The number of hydrogen-bond donors (Lipinski definition) is 1. The molecule has 2 heterocycles. The number of pyridine rings is 1. The minimum absolute atomic E-state index is 0.102. The third kappa shape index (κ3) is 4.52. The van der Waals surface area contributed by atoms with Crippen LogP contribution in [0.15, 0.2) is 41.3 Å². The van der Waals surface area contributed by atoms with Crippen molar-refractivity contribution < 1.29 is 9.53 Å². The van der Waals surface area contributed by atoms with E-state index in [1.807, 2.05) is 24.3 Å². The molecule has 6 nitrogen and oxygen atoms in total.